The van der Waals surface area contributed by atoms with Crippen molar-refractivity contribution >= 4 is 11.7 Å². The fraction of sp³-hybridized carbons (Fsp3) is 0.458. The van der Waals surface area contributed by atoms with Gasteiger partial charge in [0.25, 0.3) is 5.56 Å². The van der Waals surface area contributed by atoms with Gasteiger partial charge in [0, 0.05) is 30.6 Å². The van der Waals surface area contributed by atoms with Crippen LogP contribution in [0.2, 0.25) is 0 Å². The highest BCUT2D eigenvalue weighted by molar-refractivity contribution is 5.80. The van der Waals surface area contributed by atoms with Crippen LogP contribution in [0.25, 0.3) is 16.8 Å². The molecule has 0 spiro atoms. The predicted molar refractivity (Wildman–Crippen MR) is 121 cm³/mol. The quantitative estimate of drug-likeness (QED) is 0.556. The molecule has 3 heterocycles. The molecule has 0 radical (unpaired) electrons. The molecule has 0 aliphatic carbocycles. The minimum Gasteiger partial charge on any atom is -0.444 e. The molecule has 3 aromatic rings. The van der Waals surface area contributed by atoms with Crippen molar-refractivity contribution in [2.24, 2.45) is 0 Å². The average molecular weight is 476 g/mol. The van der Waals surface area contributed by atoms with Gasteiger partial charge in [0.1, 0.15) is 11.2 Å². The van der Waals surface area contributed by atoms with E-state index in [1.165, 1.54) is 12.1 Å². The van der Waals surface area contributed by atoms with E-state index in [0.29, 0.717) is 54.1 Å². The fourth-order valence-electron chi connectivity index (χ4n) is 4.35. The highest BCUT2D eigenvalue weighted by Crippen LogP contribution is 2.35. The van der Waals surface area contributed by atoms with E-state index in [1.54, 1.807) is 22.4 Å². The second kappa shape index (κ2) is 8.48. The number of aryl methyl sites for hydroxylation is 1. The average Bonchev–Trinajstić information content (AvgIpc) is 3.07. The largest absolute Gasteiger partial charge is 0.444 e. The van der Waals surface area contributed by atoms with Crippen molar-refractivity contribution in [3.8, 4) is 11.1 Å². The maximum Gasteiger partial charge on any atom is 0.416 e. The van der Waals surface area contributed by atoms with Crippen molar-refractivity contribution in [1.29, 1.82) is 0 Å². The molecule has 182 valence electrons. The molecule has 1 amide bonds. The summed E-state index contributed by atoms with van der Waals surface area (Å²) >= 11 is 0. The number of benzene rings is 1. The van der Waals surface area contributed by atoms with E-state index in [-0.39, 0.29) is 17.6 Å². The second-order valence-electron chi connectivity index (χ2n) is 9.60. The van der Waals surface area contributed by atoms with Gasteiger partial charge in [-0.1, -0.05) is 12.1 Å². The summed E-state index contributed by atoms with van der Waals surface area (Å²) in [7, 11) is 0. The number of nitrogens with one attached hydrogen (secondary N) is 1. The van der Waals surface area contributed by atoms with Gasteiger partial charge in [-0.3, -0.25) is 4.79 Å². The van der Waals surface area contributed by atoms with E-state index < -0.39 is 17.3 Å². The van der Waals surface area contributed by atoms with E-state index in [0.717, 1.165) is 12.1 Å². The molecule has 1 saturated heterocycles. The number of amides is 1. The lowest BCUT2D eigenvalue weighted by Crippen LogP contribution is -2.41. The Bertz CT molecular complexity index is 1280. The van der Waals surface area contributed by atoms with Gasteiger partial charge in [0.15, 0.2) is 0 Å². The molecule has 34 heavy (non-hydrogen) atoms. The Labute approximate surface area is 194 Å². The monoisotopic (exact) mass is 476 g/mol. The number of ether oxygens (including phenoxy) is 1. The molecular formula is C24H27F3N4O3. The summed E-state index contributed by atoms with van der Waals surface area (Å²) in [6.07, 6.45) is -3.64. The van der Waals surface area contributed by atoms with Crippen LogP contribution in [0.3, 0.4) is 0 Å². The summed E-state index contributed by atoms with van der Waals surface area (Å²) in [5.74, 6) is -0.0443. The molecule has 0 atom stereocenters. The number of likely N-dealkylation sites (tertiary alicyclic amines) is 1. The molecule has 2 aromatic heterocycles. The van der Waals surface area contributed by atoms with Gasteiger partial charge in [-0.25, -0.2) is 9.31 Å². The number of nitrogens with zero attached hydrogens (tertiary/aromatic N) is 3. The zero-order valence-electron chi connectivity index (χ0n) is 19.5. The summed E-state index contributed by atoms with van der Waals surface area (Å²) < 4.78 is 46.8. The highest BCUT2D eigenvalue weighted by Gasteiger charge is 2.32. The van der Waals surface area contributed by atoms with Crippen LogP contribution in [-0.4, -0.2) is 44.3 Å². The van der Waals surface area contributed by atoms with Crippen molar-refractivity contribution < 1.29 is 22.7 Å². The fourth-order valence-corrected chi connectivity index (χ4v) is 4.35. The van der Waals surface area contributed by atoms with Gasteiger partial charge in [-0.2, -0.15) is 18.3 Å². The molecule has 1 aromatic carbocycles. The van der Waals surface area contributed by atoms with Gasteiger partial charge < -0.3 is 14.6 Å². The maximum absolute atomic E-state index is 13.3. The van der Waals surface area contributed by atoms with Crippen LogP contribution in [0.4, 0.5) is 18.0 Å². The lowest BCUT2D eigenvalue weighted by atomic mass is 9.93. The zero-order valence-corrected chi connectivity index (χ0v) is 19.5. The number of carbonyl (C=O) groups excluding carboxylic acids is 1. The molecule has 1 aliphatic rings. The standard InChI is InChI=1S/C24H27F3N4O3/c1-14-20(16-6-5-7-17(12-16)24(25,26)27)21-28-19(32)13-18(31(21)29-14)15-8-10-30(11-9-15)22(33)34-23(2,3)4/h5-7,12-13,15H,8-11H2,1-4H3,(H,28,32). The number of halogens is 3. The number of hydrogen-bond donors (Lipinski definition) is 1. The van der Waals surface area contributed by atoms with E-state index in [2.05, 4.69) is 10.1 Å². The molecule has 0 unspecified atom stereocenters. The third kappa shape index (κ3) is 4.80. The van der Waals surface area contributed by atoms with E-state index in [9.17, 15) is 22.8 Å². The number of hydrogen-bond acceptors (Lipinski definition) is 4. The maximum atomic E-state index is 13.3. The molecule has 1 N–H and O–H groups in total. The number of H-pyrrole nitrogens is 1. The summed E-state index contributed by atoms with van der Waals surface area (Å²) in [6, 6.07) is 6.47. The molecule has 0 saturated carbocycles. The van der Waals surface area contributed by atoms with Crippen LogP contribution < -0.4 is 5.56 Å². The molecule has 1 fully saturated rings. The van der Waals surface area contributed by atoms with Crippen molar-refractivity contribution in [3.63, 3.8) is 0 Å². The molecule has 7 nitrogen and oxygen atoms in total. The first-order valence-electron chi connectivity index (χ1n) is 11.1. The SMILES string of the molecule is Cc1nn2c(C3CCN(C(=O)OC(C)(C)C)CC3)cc(=O)[nH]c2c1-c1cccc(C(F)(F)F)c1. The summed E-state index contributed by atoms with van der Waals surface area (Å²) in [4.78, 5) is 29.3. The number of alkyl halides is 3. The van der Waals surface area contributed by atoms with Crippen LogP contribution in [-0.2, 0) is 10.9 Å². The Morgan fingerprint density at radius 1 is 1.15 bits per heavy atom. The Morgan fingerprint density at radius 2 is 1.82 bits per heavy atom. The van der Waals surface area contributed by atoms with E-state index in [4.69, 9.17) is 4.74 Å². The number of rotatable bonds is 2. The Morgan fingerprint density at radius 3 is 2.44 bits per heavy atom. The third-order valence-corrected chi connectivity index (χ3v) is 5.87. The molecule has 10 heteroatoms. The van der Waals surface area contributed by atoms with Crippen LogP contribution in [0.1, 0.15) is 56.5 Å². The van der Waals surface area contributed by atoms with Gasteiger partial charge in [0.05, 0.1) is 17.0 Å². The number of aromatic amines is 1. The molecule has 1 aliphatic heterocycles. The summed E-state index contributed by atoms with van der Waals surface area (Å²) in [6.45, 7) is 8.07. The lowest BCUT2D eigenvalue weighted by molar-refractivity contribution is -0.137. The smallest absolute Gasteiger partial charge is 0.416 e. The Kier molecular flexibility index (Phi) is 5.95. The highest BCUT2D eigenvalue weighted by atomic mass is 19.4. The predicted octanol–water partition coefficient (Wildman–Crippen LogP) is 5.13. The molecule has 0 bridgehead atoms. The van der Waals surface area contributed by atoms with Gasteiger partial charge in [-0.15, -0.1) is 0 Å². The lowest BCUT2D eigenvalue weighted by Gasteiger charge is -2.33. The van der Waals surface area contributed by atoms with Crippen LogP contribution >= 0.6 is 0 Å². The summed E-state index contributed by atoms with van der Waals surface area (Å²) in [5, 5.41) is 4.56. The van der Waals surface area contributed by atoms with E-state index >= 15 is 0 Å². The Balaban J connectivity index is 1.67. The first kappa shape index (κ1) is 23.8. The van der Waals surface area contributed by atoms with Crippen LogP contribution in [0, 0.1) is 6.92 Å². The van der Waals surface area contributed by atoms with Crippen molar-refractivity contribution in [2.75, 3.05) is 13.1 Å². The molecule has 4 rings (SSSR count). The number of aromatic nitrogens is 3. The van der Waals surface area contributed by atoms with Gasteiger partial charge in [-0.05, 0) is 58.2 Å². The van der Waals surface area contributed by atoms with Crippen molar-refractivity contribution in [2.45, 2.75) is 58.2 Å². The van der Waals surface area contributed by atoms with Crippen molar-refractivity contribution in [1.82, 2.24) is 19.5 Å². The Hall–Kier alpha value is -3.30. The summed E-state index contributed by atoms with van der Waals surface area (Å²) in [5.41, 5.74) is 0.610. The number of piperidine rings is 1. The molecular weight excluding hydrogens is 449 g/mol. The minimum absolute atomic E-state index is 0.0443. The number of carbonyl (C=O) groups is 1. The first-order valence-corrected chi connectivity index (χ1v) is 11.1. The second-order valence-corrected chi connectivity index (χ2v) is 9.60. The van der Waals surface area contributed by atoms with Crippen LogP contribution in [0.15, 0.2) is 35.1 Å². The normalized spacial score (nSPS) is 15.7. The van der Waals surface area contributed by atoms with Gasteiger partial charge >= 0.3 is 12.3 Å². The first-order chi connectivity index (χ1) is 15.8. The van der Waals surface area contributed by atoms with Crippen LogP contribution in [0.5, 0.6) is 0 Å². The zero-order chi connectivity index (χ0) is 24.8. The number of fused-ring (bicyclic) bond motifs is 1. The van der Waals surface area contributed by atoms with Gasteiger partial charge in [0.2, 0.25) is 0 Å². The third-order valence-electron chi connectivity index (χ3n) is 5.87. The van der Waals surface area contributed by atoms with E-state index in [1.807, 2.05) is 20.8 Å². The van der Waals surface area contributed by atoms with Crippen molar-refractivity contribution in [3.05, 3.63) is 57.6 Å². The minimum atomic E-state index is -4.48. The topological polar surface area (TPSA) is 79.7 Å².